The number of aromatic nitrogens is 2. The van der Waals surface area contributed by atoms with Gasteiger partial charge in [0.2, 0.25) is 5.95 Å². The van der Waals surface area contributed by atoms with Crippen LogP contribution in [0.3, 0.4) is 0 Å². The number of hydrogen-bond acceptors (Lipinski definition) is 9. The molecule has 3 rings (SSSR count). The fraction of sp³-hybridized carbons (Fsp3) is 0.381. The molecule has 0 saturated carbocycles. The number of carboxylic acid groups (broad SMARTS) is 2. The molecule has 2 aromatic rings. The van der Waals surface area contributed by atoms with Gasteiger partial charge in [-0.3, -0.25) is 19.4 Å². The monoisotopic (exact) mass is 473 g/mol. The average Bonchev–Trinajstić information content (AvgIpc) is 2.79. The Hall–Kier alpha value is -4.29. The minimum absolute atomic E-state index is 0.0459. The number of nitrogens with one attached hydrogen (secondary N) is 4. The van der Waals surface area contributed by atoms with E-state index in [0.717, 1.165) is 5.69 Å². The molecule has 0 bridgehead atoms. The first-order chi connectivity index (χ1) is 16.2. The molecule has 1 aromatic heterocycles. The largest absolute Gasteiger partial charge is 0.481 e. The van der Waals surface area contributed by atoms with Crippen LogP contribution in [0.5, 0.6) is 0 Å². The Labute approximate surface area is 194 Å². The van der Waals surface area contributed by atoms with Gasteiger partial charge in [0.25, 0.3) is 11.5 Å². The number of hydrogen-bond donors (Lipinski definition) is 7. The van der Waals surface area contributed by atoms with Gasteiger partial charge in [-0.2, -0.15) is 4.98 Å². The summed E-state index contributed by atoms with van der Waals surface area (Å²) in [5.74, 6) is -2.56. The highest BCUT2D eigenvalue weighted by atomic mass is 16.4. The number of aliphatic carboxylic acids is 2. The van der Waals surface area contributed by atoms with Gasteiger partial charge in [0.15, 0.2) is 5.82 Å². The second-order valence-corrected chi connectivity index (χ2v) is 7.72. The van der Waals surface area contributed by atoms with Crippen LogP contribution in [0.2, 0.25) is 0 Å². The van der Waals surface area contributed by atoms with E-state index in [1.54, 1.807) is 12.1 Å². The van der Waals surface area contributed by atoms with Crippen molar-refractivity contribution in [3.05, 3.63) is 40.2 Å². The number of amides is 1. The van der Waals surface area contributed by atoms with Gasteiger partial charge in [0.05, 0.1) is 6.04 Å². The summed E-state index contributed by atoms with van der Waals surface area (Å²) in [6.07, 6.45) is -0.585. The van der Waals surface area contributed by atoms with Crippen molar-refractivity contribution in [1.82, 2.24) is 15.3 Å². The highest BCUT2D eigenvalue weighted by molar-refractivity contribution is 5.97. The molecule has 1 aliphatic rings. The standard InChI is InChI=1S/C21H27N7O6/c1-2-28-13(10-24-17-16(28)19(32)27-21(22)26-17)9-23-12-5-3-11(4-6-12)18(31)25-14(20(33)34)7-8-15(29)30/h3-6,13-14,23H,2,7-10H2,1H3,(H,25,31)(H,29,30)(H,33,34)(H4,22,24,26,27,32). The normalized spacial score (nSPS) is 15.6. The average molecular weight is 473 g/mol. The SMILES string of the molecule is CCN1c2c(nc(N)[nH]c2=O)NCC1CNc1ccc(C(=O)NC(CCC(=O)O)C(=O)O)cc1. The van der Waals surface area contributed by atoms with Crippen LogP contribution in [-0.4, -0.2) is 69.7 Å². The highest BCUT2D eigenvalue weighted by Crippen LogP contribution is 2.26. The second kappa shape index (κ2) is 10.6. The molecule has 2 heterocycles. The first-order valence-electron chi connectivity index (χ1n) is 10.7. The minimum Gasteiger partial charge on any atom is -0.481 e. The number of nitrogens with two attached hydrogens (primary N) is 1. The molecule has 13 heteroatoms. The van der Waals surface area contributed by atoms with Crippen molar-refractivity contribution in [2.45, 2.75) is 31.8 Å². The second-order valence-electron chi connectivity index (χ2n) is 7.72. The molecule has 182 valence electrons. The molecular formula is C21H27N7O6. The van der Waals surface area contributed by atoms with Gasteiger partial charge in [0, 0.05) is 37.3 Å². The van der Waals surface area contributed by atoms with Crippen LogP contribution in [0.4, 0.5) is 23.1 Å². The number of nitrogens with zero attached hydrogens (tertiary/aromatic N) is 2. The van der Waals surface area contributed by atoms with Gasteiger partial charge in [-0.15, -0.1) is 0 Å². The lowest BCUT2D eigenvalue weighted by atomic mass is 10.1. The number of likely N-dealkylation sites (N-methyl/N-ethyl adjacent to an activating group) is 1. The smallest absolute Gasteiger partial charge is 0.326 e. The number of H-pyrrole nitrogens is 1. The third-order valence-corrected chi connectivity index (χ3v) is 5.43. The quantitative estimate of drug-likeness (QED) is 0.247. The van der Waals surface area contributed by atoms with E-state index >= 15 is 0 Å². The molecule has 0 fully saturated rings. The molecule has 1 aromatic carbocycles. The number of carbonyl (C=O) groups excluding carboxylic acids is 1. The van der Waals surface area contributed by atoms with E-state index in [1.807, 2.05) is 11.8 Å². The molecule has 1 aliphatic heterocycles. The molecule has 0 saturated heterocycles. The van der Waals surface area contributed by atoms with Crippen LogP contribution < -0.4 is 32.1 Å². The third-order valence-electron chi connectivity index (χ3n) is 5.43. The molecule has 2 unspecified atom stereocenters. The topological polar surface area (TPSA) is 203 Å². The van der Waals surface area contributed by atoms with Crippen molar-refractivity contribution in [3.8, 4) is 0 Å². The van der Waals surface area contributed by atoms with Gasteiger partial charge in [-0.1, -0.05) is 0 Å². The maximum atomic E-state index is 12.4. The number of carbonyl (C=O) groups is 3. The summed E-state index contributed by atoms with van der Waals surface area (Å²) in [6.45, 7) is 3.55. The van der Waals surface area contributed by atoms with Crippen LogP contribution in [0.15, 0.2) is 29.1 Å². The number of rotatable bonds is 10. The summed E-state index contributed by atoms with van der Waals surface area (Å²) in [5.41, 5.74) is 6.70. The number of aromatic amines is 1. The minimum atomic E-state index is -1.30. The number of fused-ring (bicyclic) bond motifs is 1. The first kappa shape index (κ1) is 24.4. The van der Waals surface area contributed by atoms with E-state index in [0.29, 0.717) is 31.1 Å². The van der Waals surface area contributed by atoms with Gasteiger partial charge >= 0.3 is 11.9 Å². The van der Waals surface area contributed by atoms with Crippen molar-refractivity contribution in [3.63, 3.8) is 0 Å². The lowest BCUT2D eigenvalue weighted by Crippen LogP contribution is -2.50. The van der Waals surface area contributed by atoms with Crippen LogP contribution in [-0.2, 0) is 9.59 Å². The Kier molecular flexibility index (Phi) is 7.56. The summed E-state index contributed by atoms with van der Waals surface area (Å²) in [7, 11) is 0. The summed E-state index contributed by atoms with van der Waals surface area (Å²) < 4.78 is 0. The Morgan fingerprint density at radius 1 is 1.26 bits per heavy atom. The Morgan fingerprint density at radius 2 is 1.97 bits per heavy atom. The molecular weight excluding hydrogens is 446 g/mol. The Bertz CT molecular complexity index is 1120. The van der Waals surface area contributed by atoms with Crippen molar-refractivity contribution < 1.29 is 24.6 Å². The summed E-state index contributed by atoms with van der Waals surface area (Å²) in [5, 5.41) is 26.7. The van der Waals surface area contributed by atoms with Crippen LogP contribution in [0, 0.1) is 0 Å². The molecule has 34 heavy (non-hydrogen) atoms. The van der Waals surface area contributed by atoms with E-state index in [2.05, 4.69) is 25.9 Å². The third kappa shape index (κ3) is 5.74. The zero-order valence-electron chi connectivity index (χ0n) is 18.5. The van der Waals surface area contributed by atoms with E-state index in [-0.39, 0.29) is 36.0 Å². The zero-order valence-corrected chi connectivity index (χ0v) is 18.5. The van der Waals surface area contributed by atoms with E-state index in [4.69, 9.17) is 10.8 Å². The number of carboxylic acids is 2. The first-order valence-corrected chi connectivity index (χ1v) is 10.7. The molecule has 8 N–H and O–H groups in total. The fourth-order valence-electron chi connectivity index (χ4n) is 3.72. The van der Waals surface area contributed by atoms with Crippen molar-refractivity contribution in [2.75, 3.05) is 40.9 Å². The predicted octanol–water partition coefficient (Wildman–Crippen LogP) is 0.132. The maximum absolute atomic E-state index is 12.4. The summed E-state index contributed by atoms with van der Waals surface area (Å²) in [6, 6.07) is 5.08. The lowest BCUT2D eigenvalue weighted by Gasteiger charge is -2.37. The zero-order chi connectivity index (χ0) is 24.8. The molecule has 0 radical (unpaired) electrons. The maximum Gasteiger partial charge on any atom is 0.326 e. The van der Waals surface area contributed by atoms with Crippen molar-refractivity contribution in [1.29, 1.82) is 0 Å². The van der Waals surface area contributed by atoms with Crippen LogP contribution in [0.25, 0.3) is 0 Å². The Morgan fingerprint density at radius 3 is 2.59 bits per heavy atom. The van der Waals surface area contributed by atoms with Crippen LogP contribution >= 0.6 is 0 Å². The molecule has 0 aliphatic carbocycles. The molecule has 2 atom stereocenters. The van der Waals surface area contributed by atoms with Gasteiger partial charge < -0.3 is 36.8 Å². The molecule has 1 amide bonds. The van der Waals surface area contributed by atoms with Crippen LogP contribution in [0.1, 0.15) is 30.1 Å². The van der Waals surface area contributed by atoms with Gasteiger partial charge in [0.1, 0.15) is 11.7 Å². The number of nitrogen functional groups attached to an aromatic ring is 1. The Balaban J connectivity index is 1.61. The summed E-state index contributed by atoms with van der Waals surface area (Å²) in [4.78, 5) is 55.3. The van der Waals surface area contributed by atoms with E-state index in [9.17, 15) is 24.3 Å². The van der Waals surface area contributed by atoms with E-state index < -0.39 is 23.9 Å². The fourth-order valence-corrected chi connectivity index (χ4v) is 3.72. The number of anilines is 4. The molecule has 0 spiro atoms. The van der Waals surface area contributed by atoms with Gasteiger partial charge in [-0.05, 0) is 37.6 Å². The van der Waals surface area contributed by atoms with Gasteiger partial charge in [-0.25, -0.2) is 4.79 Å². The predicted molar refractivity (Wildman–Crippen MR) is 125 cm³/mol. The molecule has 13 nitrogen and oxygen atoms in total. The summed E-state index contributed by atoms with van der Waals surface area (Å²) >= 11 is 0. The van der Waals surface area contributed by atoms with Crippen molar-refractivity contribution in [2.24, 2.45) is 0 Å². The highest BCUT2D eigenvalue weighted by Gasteiger charge is 2.29. The lowest BCUT2D eigenvalue weighted by molar-refractivity contribution is -0.140. The van der Waals surface area contributed by atoms with Crippen molar-refractivity contribution >= 4 is 41.0 Å². The number of benzene rings is 1. The van der Waals surface area contributed by atoms with E-state index in [1.165, 1.54) is 12.1 Å².